The van der Waals surface area contributed by atoms with Gasteiger partial charge >= 0.3 is 0 Å². The zero-order valence-corrected chi connectivity index (χ0v) is 18.3. The maximum absolute atomic E-state index is 2.81. The number of rotatable bonds is 6. The van der Waals surface area contributed by atoms with Crippen molar-refractivity contribution in [3.05, 3.63) is 0 Å². The van der Waals surface area contributed by atoms with E-state index < -0.39 is 0 Å². The van der Waals surface area contributed by atoms with Crippen LogP contribution in [-0.2, 0) is 0 Å². The van der Waals surface area contributed by atoms with Crippen LogP contribution in [-0.4, -0.2) is 49.1 Å². The summed E-state index contributed by atoms with van der Waals surface area (Å²) in [7, 11) is 0. The molecule has 3 fully saturated rings. The van der Waals surface area contributed by atoms with Crippen LogP contribution in [0.4, 0.5) is 0 Å². The molecule has 0 atom stereocenters. The highest BCUT2D eigenvalue weighted by Crippen LogP contribution is 2.34. The summed E-state index contributed by atoms with van der Waals surface area (Å²) in [6, 6.07) is 0. The zero-order valence-electron chi connectivity index (χ0n) is 18.3. The van der Waals surface area contributed by atoms with Crippen LogP contribution in [0.5, 0.6) is 0 Å². The summed E-state index contributed by atoms with van der Waals surface area (Å²) in [6.45, 7) is 17.9. The van der Waals surface area contributed by atoms with E-state index in [1.54, 1.807) is 0 Å². The average Bonchev–Trinajstić information content (AvgIpc) is 2.64. The molecule has 2 heteroatoms. The van der Waals surface area contributed by atoms with Crippen molar-refractivity contribution in [1.29, 1.82) is 0 Å². The monoisotopic (exact) mass is 362 g/mol. The molecule has 152 valence electrons. The van der Waals surface area contributed by atoms with Crippen LogP contribution in [0, 0.1) is 35.5 Å². The van der Waals surface area contributed by atoms with Crippen molar-refractivity contribution < 1.29 is 0 Å². The second kappa shape index (κ2) is 9.92. The third kappa shape index (κ3) is 5.96. The van der Waals surface area contributed by atoms with Crippen molar-refractivity contribution in [2.45, 2.75) is 79.1 Å². The molecule has 1 aliphatic carbocycles. The Kier molecular flexibility index (Phi) is 7.88. The fraction of sp³-hybridized carbons (Fsp3) is 1.00. The van der Waals surface area contributed by atoms with Crippen LogP contribution in [0.15, 0.2) is 0 Å². The van der Waals surface area contributed by atoms with E-state index in [2.05, 4.69) is 37.5 Å². The van der Waals surface area contributed by atoms with Gasteiger partial charge in [-0.25, -0.2) is 0 Å². The number of hydrogen-bond acceptors (Lipinski definition) is 2. The van der Waals surface area contributed by atoms with Crippen LogP contribution < -0.4 is 0 Å². The summed E-state index contributed by atoms with van der Waals surface area (Å²) in [5.74, 6) is 5.75. The summed E-state index contributed by atoms with van der Waals surface area (Å²) in [5.41, 5.74) is 0. The lowest BCUT2D eigenvalue weighted by Gasteiger charge is -2.40. The second-order valence-corrected chi connectivity index (χ2v) is 10.7. The van der Waals surface area contributed by atoms with Gasteiger partial charge in [-0.05, 0) is 113 Å². The van der Waals surface area contributed by atoms with Gasteiger partial charge in [0.1, 0.15) is 0 Å². The van der Waals surface area contributed by atoms with Gasteiger partial charge in [-0.15, -0.1) is 0 Å². The minimum Gasteiger partial charge on any atom is -0.303 e. The molecule has 0 aromatic heterocycles. The first kappa shape index (κ1) is 20.6. The molecule has 3 aliphatic rings. The highest BCUT2D eigenvalue weighted by molar-refractivity contribution is 4.82. The van der Waals surface area contributed by atoms with Crippen molar-refractivity contribution in [3.8, 4) is 0 Å². The van der Waals surface area contributed by atoms with Crippen LogP contribution in [0.2, 0.25) is 0 Å². The van der Waals surface area contributed by atoms with E-state index in [-0.39, 0.29) is 0 Å². The summed E-state index contributed by atoms with van der Waals surface area (Å²) < 4.78 is 0. The fourth-order valence-corrected chi connectivity index (χ4v) is 5.92. The first-order valence-corrected chi connectivity index (χ1v) is 12.0. The molecule has 0 radical (unpaired) electrons. The van der Waals surface area contributed by atoms with Gasteiger partial charge in [0, 0.05) is 13.1 Å². The van der Waals surface area contributed by atoms with Crippen LogP contribution in [0.25, 0.3) is 0 Å². The van der Waals surface area contributed by atoms with Crippen molar-refractivity contribution in [3.63, 3.8) is 0 Å². The highest BCUT2D eigenvalue weighted by Gasteiger charge is 2.28. The molecule has 0 aromatic carbocycles. The van der Waals surface area contributed by atoms with E-state index in [9.17, 15) is 0 Å². The van der Waals surface area contributed by atoms with E-state index in [1.165, 1.54) is 90.6 Å². The summed E-state index contributed by atoms with van der Waals surface area (Å²) in [6.07, 6.45) is 11.7. The van der Waals surface area contributed by atoms with Crippen molar-refractivity contribution >= 4 is 0 Å². The fourth-order valence-electron chi connectivity index (χ4n) is 5.92. The van der Waals surface area contributed by atoms with Crippen LogP contribution in [0.1, 0.15) is 79.1 Å². The third-order valence-corrected chi connectivity index (χ3v) is 8.15. The maximum atomic E-state index is 2.81. The molecule has 3 rings (SSSR count). The molecule has 0 amide bonds. The Labute approximate surface area is 164 Å². The van der Waals surface area contributed by atoms with E-state index in [1.807, 2.05) is 0 Å². The molecule has 0 aromatic rings. The van der Waals surface area contributed by atoms with Gasteiger partial charge < -0.3 is 9.80 Å². The molecule has 2 saturated heterocycles. The maximum Gasteiger partial charge on any atom is 0.00106 e. The van der Waals surface area contributed by atoms with E-state index in [4.69, 9.17) is 0 Å². The van der Waals surface area contributed by atoms with Gasteiger partial charge in [0.2, 0.25) is 0 Å². The lowest BCUT2D eigenvalue weighted by molar-refractivity contribution is 0.0935. The van der Waals surface area contributed by atoms with Crippen molar-refractivity contribution in [1.82, 2.24) is 9.80 Å². The highest BCUT2D eigenvalue weighted by atomic mass is 15.2. The van der Waals surface area contributed by atoms with Gasteiger partial charge in [-0.2, -0.15) is 0 Å². The van der Waals surface area contributed by atoms with Gasteiger partial charge in [0.15, 0.2) is 0 Å². The number of likely N-dealkylation sites (tertiary alicyclic amines) is 2. The normalized spacial score (nSPS) is 31.2. The molecule has 2 aliphatic heterocycles. The Morgan fingerprint density at radius 3 is 1.38 bits per heavy atom. The topological polar surface area (TPSA) is 6.48 Å². The Morgan fingerprint density at radius 1 is 0.538 bits per heavy atom. The molecular weight excluding hydrogens is 316 g/mol. The average molecular weight is 363 g/mol. The molecule has 0 spiro atoms. The largest absolute Gasteiger partial charge is 0.303 e. The van der Waals surface area contributed by atoms with Gasteiger partial charge in [0.05, 0.1) is 0 Å². The van der Waals surface area contributed by atoms with E-state index in [0.29, 0.717) is 0 Å². The minimum atomic E-state index is 0.885. The number of hydrogen-bond donors (Lipinski definition) is 0. The molecule has 26 heavy (non-hydrogen) atoms. The van der Waals surface area contributed by atoms with Crippen LogP contribution in [0.3, 0.4) is 0 Å². The predicted octanol–water partition coefficient (Wildman–Crippen LogP) is 5.53. The summed E-state index contributed by atoms with van der Waals surface area (Å²) in [4.78, 5) is 5.59. The quantitative estimate of drug-likeness (QED) is 0.613. The third-order valence-electron chi connectivity index (χ3n) is 8.15. The minimum absolute atomic E-state index is 0.885. The zero-order chi connectivity index (χ0) is 18.5. The van der Waals surface area contributed by atoms with E-state index >= 15 is 0 Å². The van der Waals surface area contributed by atoms with Gasteiger partial charge in [-0.3, -0.25) is 0 Å². The Morgan fingerprint density at radius 2 is 0.923 bits per heavy atom. The predicted molar refractivity (Wildman–Crippen MR) is 113 cm³/mol. The summed E-state index contributed by atoms with van der Waals surface area (Å²) >= 11 is 0. The molecular formula is C24H46N2. The van der Waals surface area contributed by atoms with Crippen LogP contribution >= 0.6 is 0 Å². The first-order chi connectivity index (χ1) is 12.5. The number of nitrogens with zero attached hydrogens (tertiary/aromatic N) is 2. The summed E-state index contributed by atoms with van der Waals surface area (Å²) in [5, 5.41) is 0. The SMILES string of the molecule is CC(C)C1CCC(CN2CCC(CN3CCC(C(C)C)CC3)CC2)CC1. The smallest absolute Gasteiger partial charge is 0.00106 e. The Hall–Kier alpha value is -0.0800. The standard InChI is InChI=1S/C24H46N2/c1-19(2)23-7-5-21(6-8-23)17-25-13-9-22(10-14-25)18-26-15-11-24(12-16-26)20(3)4/h19-24H,5-18H2,1-4H3. The molecule has 0 unspecified atom stereocenters. The van der Waals surface area contributed by atoms with Crippen molar-refractivity contribution in [2.75, 3.05) is 39.3 Å². The lowest BCUT2D eigenvalue weighted by Crippen LogP contribution is -2.43. The van der Waals surface area contributed by atoms with Crippen molar-refractivity contribution in [2.24, 2.45) is 35.5 Å². The molecule has 2 heterocycles. The molecule has 0 N–H and O–H groups in total. The van der Waals surface area contributed by atoms with Gasteiger partial charge in [0.25, 0.3) is 0 Å². The lowest BCUT2D eigenvalue weighted by atomic mass is 9.76. The van der Waals surface area contributed by atoms with E-state index in [0.717, 1.165) is 35.5 Å². The first-order valence-electron chi connectivity index (χ1n) is 12.0. The van der Waals surface area contributed by atoms with Gasteiger partial charge in [-0.1, -0.05) is 27.7 Å². The second-order valence-electron chi connectivity index (χ2n) is 10.7. The Bertz CT molecular complexity index is 343. The molecule has 2 nitrogen and oxygen atoms in total. The molecule has 1 saturated carbocycles. The number of piperidine rings is 2. The molecule has 0 bridgehead atoms. The Balaban J connectivity index is 1.30.